The predicted molar refractivity (Wildman–Crippen MR) is 138 cm³/mol. The lowest BCUT2D eigenvalue weighted by atomic mass is 10.1. The maximum atomic E-state index is 14.6. The molecule has 1 amide bonds. The first kappa shape index (κ1) is 23.8. The molecule has 0 aliphatic carbocycles. The normalized spacial score (nSPS) is 13.5. The van der Waals surface area contributed by atoms with Crippen molar-refractivity contribution in [3.8, 4) is 22.8 Å². The van der Waals surface area contributed by atoms with Crippen molar-refractivity contribution in [3.63, 3.8) is 0 Å². The number of carbonyl (C=O) groups is 1. The third-order valence-corrected chi connectivity index (χ3v) is 6.43. The molecule has 1 aliphatic heterocycles. The van der Waals surface area contributed by atoms with Crippen molar-refractivity contribution in [2.75, 3.05) is 31.1 Å². The SMILES string of the molecule is Cc1ccc(Cl)c(C(=O)N2CCN(c3nccc(-c4ccc(Oc5ccccc5)cc4)n3)CC2)c1F. The van der Waals surface area contributed by atoms with Crippen molar-refractivity contribution in [3.05, 3.63) is 101 Å². The molecule has 0 atom stereocenters. The highest BCUT2D eigenvalue weighted by Gasteiger charge is 2.27. The second-order valence-electron chi connectivity index (χ2n) is 8.51. The fraction of sp³-hybridized carbons (Fsp3) is 0.179. The van der Waals surface area contributed by atoms with Crippen molar-refractivity contribution in [2.24, 2.45) is 0 Å². The molecule has 4 aromatic rings. The van der Waals surface area contributed by atoms with Gasteiger partial charge in [0.1, 0.15) is 17.3 Å². The maximum absolute atomic E-state index is 14.6. The number of anilines is 1. The van der Waals surface area contributed by atoms with Crippen molar-refractivity contribution in [2.45, 2.75) is 6.92 Å². The smallest absolute Gasteiger partial charge is 0.258 e. The Kier molecular flexibility index (Phi) is 6.82. The minimum atomic E-state index is -0.564. The van der Waals surface area contributed by atoms with Gasteiger partial charge in [0.25, 0.3) is 5.91 Å². The molecule has 0 bridgehead atoms. The number of para-hydroxylation sites is 1. The van der Waals surface area contributed by atoms with Crippen LogP contribution < -0.4 is 9.64 Å². The van der Waals surface area contributed by atoms with Gasteiger partial charge in [0.2, 0.25) is 5.95 Å². The van der Waals surface area contributed by atoms with E-state index < -0.39 is 11.7 Å². The highest BCUT2D eigenvalue weighted by Crippen LogP contribution is 2.27. The average molecular weight is 503 g/mol. The Morgan fingerprint density at radius 2 is 1.61 bits per heavy atom. The summed E-state index contributed by atoms with van der Waals surface area (Å²) in [5.41, 5.74) is 2.06. The van der Waals surface area contributed by atoms with Gasteiger partial charge in [0.05, 0.1) is 16.3 Å². The third-order valence-electron chi connectivity index (χ3n) is 6.12. The molecule has 182 valence electrons. The van der Waals surface area contributed by atoms with E-state index in [1.807, 2.05) is 65.6 Å². The zero-order valence-corrected chi connectivity index (χ0v) is 20.5. The van der Waals surface area contributed by atoms with Gasteiger partial charge in [-0.2, -0.15) is 0 Å². The van der Waals surface area contributed by atoms with Crippen molar-refractivity contribution in [1.82, 2.24) is 14.9 Å². The molecule has 36 heavy (non-hydrogen) atoms. The van der Waals surface area contributed by atoms with Gasteiger partial charge in [0, 0.05) is 37.9 Å². The number of amides is 1. The zero-order valence-electron chi connectivity index (χ0n) is 19.7. The number of aryl methyl sites for hydroxylation is 1. The number of aromatic nitrogens is 2. The van der Waals surface area contributed by atoms with Crippen LogP contribution in [0.15, 0.2) is 79.0 Å². The van der Waals surface area contributed by atoms with E-state index in [0.29, 0.717) is 37.7 Å². The third kappa shape index (κ3) is 5.02. The van der Waals surface area contributed by atoms with E-state index in [1.54, 1.807) is 30.2 Å². The number of benzene rings is 3. The molecule has 5 rings (SSSR count). The summed E-state index contributed by atoms with van der Waals surface area (Å²) in [5.74, 6) is 1.15. The summed E-state index contributed by atoms with van der Waals surface area (Å²) in [4.78, 5) is 25.8. The Labute approximate surface area is 213 Å². The van der Waals surface area contributed by atoms with Crippen LogP contribution in [0, 0.1) is 12.7 Å². The van der Waals surface area contributed by atoms with Crippen molar-refractivity contribution < 1.29 is 13.9 Å². The second kappa shape index (κ2) is 10.3. The van der Waals surface area contributed by atoms with Crippen LogP contribution in [-0.4, -0.2) is 47.0 Å². The summed E-state index contributed by atoms with van der Waals surface area (Å²) in [6.07, 6.45) is 1.73. The Hall–Kier alpha value is -3.97. The topological polar surface area (TPSA) is 58.6 Å². The molecule has 1 fully saturated rings. The molecule has 0 N–H and O–H groups in total. The number of rotatable bonds is 5. The van der Waals surface area contributed by atoms with Crippen LogP contribution in [0.1, 0.15) is 15.9 Å². The van der Waals surface area contributed by atoms with Crippen LogP contribution in [0.4, 0.5) is 10.3 Å². The van der Waals surface area contributed by atoms with Gasteiger partial charge < -0.3 is 14.5 Å². The Morgan fingerprint density at radius 3 is 2.33 bits per heavy atom. The molecule has 0 spiro atoms. The highest BCUT2D eigenvalue weighted by molar-refractivity contribution is 6.33. The molecule has 1 aromatic heterocycles. The minimum absolute atomic E-state index is 0.0666. The van der Waals surface area contributed by atoms with Crippen molar-refractivity contribution >= 4 is 23.5 Å². The summed E-state index contributed by atoms with van der Waals surface area (Å²) in [6.45, 7) is 3.52. The van der Waals surface area contributed by atoms with Gasteiger partial charge in [-0.25, -0.2) is 14.4 Å². The number of piperazine rings is 1. The number of nitrogens with zero attached hydrogens (tertiary/aromatic N) is 4. The van der Waals surface area contributed by atoms with E-state index in [1.165, 1.54) is 0 Å². The number of halogens is 2. The van der Waals surface area contributed by atoms with Crippen LogP contribution in [0.2, 0.25) is 5.02 Å². The molecule has 0 unspecified atom stereocenters. The number of carbonyl (C=O) groups excluding carboxylic acids is 1. The standard InChI is InChI=1S/C28H24ClFN4O2/c1-19-7-12-23(29)25(26(19)30)27(35)33-15-17-34(18-16-33)28-31-14-13-24(32-28)20-8-10-22(11-9-20)36-21-5-3-2-4-6-21/h2-14H,15-18H2,1H3. The van der Waals surface area contributed by atoms with Crippen LogP contribution >= 0.6 is 11.6 Å². The van der Waals surface area contributed by atoms with E-state index >= 15 is 0 Å². The molecule has 8 heteroatoms. The molecular weight excluding hydrogens is 479 g/mol. The first-order chi connectivity index (χ1) is 17.5. The van der Waals surface area contributed by atoms with E-state index in [-0.39, 0.29) is 10.6 Å². The van der Waals surface area contributed by atoms with Gasteiger partial charge in [-0.3, -0.25) is 4.79 Å². The van der Waals surface area contributed by atoms with Crippen LogP contribution in [0.5, 0.6) is 11.5 Å². The summed E-state index contributed by atoms with van der Waals surface area (Å²) in [7, 11) is 0. The summed E-state index contributed by atoms with van der Waals surface area (Å²) in [6, 6.07) is 22.3. The monoisotopic (exact) mass is 502 g/mol. The number of hydrogen-bond acceptors (Lipinski definition) is 5. The fourth-order valence-electron chi connectivity index (χ4n) is 4.10. The molecule has 6 nitrogen and oxygen atoms in total. The van der Waals surface area contributed by atoms with Gasteiger partial charge >= 0.3 is 0 Å². The molecule has 1 aliphatic rings. The number of ether oxygens (including phenoxy) is 1. The molecule has 1 saturated heterocycles. The average Bonchev–Trinajstić information content (AvgIpc) is 2.92. The van der Waals surface area contributed by atoms with Gasteiger partial charge in [-0.05, 0) is 61.0 Å². The van der Waals surface area contributed by atoms with Crippen LogP contribution in [0.25, 0.3) is 11.3 Å². The van der Waals surface area contributed by atoms with Crippen LogP contribution in [-0.2, 0) is 0 Å². The molecule has 2 heterocycles. The lowest BCUT2D eigenvalue weighted by Gasteiger charge is -2.35. The predicted octanol–water partition coefficient (Wildman–Crippen LogP) is 6.00. The second-order valence-corrected chi connectivity index (χ2v) is 8.92. The maximum Gasteiger partial charge on any atom is 0.258 e. The number of hydrogen-bond donors (Lipinski definition) is 0. The zero-order chi connectivity index (χ0) is 25.1. The van der Waals surface area contributed by atoms with E-state index in [0.717, 1.165) is 22.8 Å². The Bertz CT molecular complexity index is 1370. The minimum Gasteiger partial charge on any atom is -0.457 e. The Morgan fingerprint density at radius 1 is 0.917 bits per heavy atom. The summed E-state index contributed by atoms with van der Waals surface area (Å²) < 4.78 is 20.4. The molecular formula is C28H24ClFN4O2. The van der Waals surface area contributed by atoms with Gasteiger partial charge in [-0.15, -0.1) is 0 Å². The summed E-state index contributed by atoms with van der Waals surface area (Å²) in [5, 5.41) is 0.127. The van der Waals surface area contributed by atoms with E-state index in [2.05, 4.69) is 4.98 Å². The summed E-state index contributed by atoms with van der Waals surface area (Å²) >= 11 is 6.14. The van der Waals surface area contributed by atoms with Crippen LogP contribution in [0.3, 0.4) is 0 Å². The molecule has 0 radical (unpaired) electrons. The highest BCUT2D eigenvalue weighted by atomic mass is 35.5. The molecule has 0 saturated carbocycles. The van der Waals surface area contributed by atoms with Gasteiger partial charge in [0.15, 0.2) is 0 Å². The Balaban J connectivity index is 1.25. The quantitative estimate of drug-likeness (QED) is 0.335. The lowest BCUT2D eigenvalue weighted by Crippen LogP contribution is -2.49. The first-order valence-electron chi connectivity index (χ1n) is 11.6. The first-order valence-corrected chi connectivity index (χ1v) is 12.0. The van der Waals surface area contributed by atoms with Crippen molar-refractivity contribution in [1.29, 1.82) is 0 Å². The van der Waals surface area contributed by atoms with Gasteiger partial charge in [-0.1, -0.05) is 35.9 Å². The van der Waals surface area contributed by atoms with E-state index in [9.17, 15) is 9.18 Å². The fourth-order valence-corrected chi connectivity index (χ4v) is 4.33. The lowest BCUT2D eigenvalue weighted by molar-refractivity contribution is 0.0741. The van der Waals surface area contributed by atoms with E-state index in [4.69, 9.17) is 21.3 Å². The largest absolute Gasteiger partial charge is 0.457 e. The molecule has 3 aromatic carbocycles.